The molecule has 0 aromatic heterocycles. The first-order valence-corrected chi connectivity index (χ1v) is 2.85. The fraction of sp³-hybridized carbons (Fsp3) is 1.00. The van der Waals surface area contributed by atoms with Crippen LogP contribution in [0, 0.1) is 5.41 Å². The van der Waals surface area contributed by atoms with E-state index in [1.807, 2.05) is 20.8 Å². The fourth-order valence-electron chi connectivity index (χ4n) is 0.274. The summed E-state index contributed by atoms with van der Waals surface area (Å²) >= 11 is 0. The van der Waals surface area contributed by atoms with Gasteiger partial charge in [-0.25, -0.2) is 0 Å². The van der Waals surface area contributed by atoms with E-state index < -0.39 is 0 Å². The molecule has 0 saturated carbocycles. The summed E-state index contributed by atoms with van der Waals surface area (Å²) in [6.07, 6.45) is 0. The molecule has 0 aromatic rings. The lowest BCUT2D eigenvalue weighted by atomic mass is 9.88. The second-order valence-corrected chi connectivity index (χ2v) is 3.16. The maximum Gasteiger partial charge on any atom is 0.0587 e. The van der Waals surface area contributed by atoms with Crippen LogP contribution in [0.5, 0.6) is 0 Å². The van der Waals surface area contributed by atoms with Crippen LogP contribution in [0.1, 0.15) is 20.8 Å². The number of hydrogen-bond donors (Lipinski definition) is 2. The second-order valence-electron chi connectivity index (χ2n) is 3.16. The van der Waals surface area contributed by atoms with Crippen LogP contribution in [0.3, 0.4) is 0 Å². The summed E-state index contributed by atoms with van der Waals surface area (Å²) in [7, 11) is 0. The van der Waals surface area contributed by atoms with Gasteiger partial charge in [0.1, 0.15) is 0 Å². The Balaban J connectivity index is 3.62. The molecule has 50 valence electrons. The molecule has 2 nitrogen and oxygen atoms in total. The Hall–Kier alpha value is -0.0800. The average Bonchev–Trinajstić information content (AvgIpc) is 1.62. The van der Waals surface area contributed by atoms with Gasteiger partial charge in [-0.2, -0.15) is 0 Å². The molecule has 0 aromatic carbocycles. The minimum absolute atomic E-state index is 0.0365. The maximum absolute atomic E-state index is 8.55. The molecule has 0 spiro atoms. The first-order chi connectivity index (χ1) is 3.48. The van der Waals surface area contributed by atoms with E-state index >= 15 is 0 Å². The molecule has 0 rings (SSSR count). The predicted octanol–water partition coefficient (Wildman–Crippen LogP) is 0.352. The number of aliphatic hydroxyl groups excluding tert-OH is 1. The van der Waals surface area contributed by atoms with E-state index in [1.165, 1.54) is 0 Å². The highest BCUT2D eigenvalue weighted by Crippen LogP contribution is 2.15. The number of rotatable bonds is 1. The van der Waals surface area contributed by atoms with Crippen LogP contribution >= 0.6 is 0 Å². The number of nitrogens with two attached hydrogens (primary N) is 1. The van der Waals surface area contributed by atoms with Gasteiger partial charge in [-0.05, 0) is 5.41 Å². The second kappa shape index (κ2) is 2.46. The molecule has 1 atom stereocenters. The quantitative estimate of drug-likeness (QED) is 0.520. The fourth-order valence-corrected chi connectivity index (χ4v) is 0.274. The summed E-state index contributed by atoms with van der Waals surface area (Å²) in [5.74, 6) is 0. The predicted molar refractivity (Wildman–Crippen MR) is 34.5 cm³/mol. The van der Waals surface area contributed by atoms with E-state index in [-0.39, 0.29) is 18.1 Å². The van der Waals surface area contributed by atoms with E-state index in [4.69, 9.17) is 10.8 Å². The molecule has 0 bridgehead atoms. The van der Waals surface area contributed by atoms with Crippen molar-refractivity contribution in [2.75, 3.05) is 6.61 Å². The van der Waals surface area contributed by atoms with Gasteiger partial charge in [0.25, 0.3) is 0 Å². The molecule has 2 heteroatoms. The molecule has 1 unspecified atom stereocenters. The van der Waals surface area contributed by atoms with Gasteiger partial charge in [-0.3, -0.25) is 0 Å². The molecule has 0 amide bonds. The first kappa shape index (κ1) is 7.92. The standard InChI is InChI=1S/C6H15NO/c1-6(2,3)5(7)4-8/h5,8H,4,7H2,1-3H3. The Bertz CT molecular complexity index is 65.4. The topological polar surface area (TPSA) is 46.2 Å². The Morgan fingerprint density at radius 1 is 1.50 bits per heavy atom. The normalized spacial score (nSPS) is 16.1. The lowest BCUT2D eigenvalue weighted by molar-refractivity contribution is 0.189. The van der Waals surface area contributed by atoms with Crippen molar-refractivity contribution in [3.8, 4) is 0 Å². The van der Waals surface area contributed by atoms with Crippen LogP contribution < -0.4 is 5.73 Å². The van der Waals surface area contributed by atoms with Crippen LogP contribution in [0.4, 0.5) is 0 Å². The zero-order valence-electron chi connectivity index (χ0n) is 5.81. The van der Waals surface area contributed by atoms with Crippen molar-refractivity contribution in [2.45, 2.75) is 26.8 Å². The Morgan fingerprint density at radius 2 is 1.88 bits per heavy atom. The first-order valence-electron chi connectivity index (χ1n) is 2.85. The van der Waals surface area contributed by atoms with Crippen molar-refractivity contribution in [2.24, 2.45) is 11.1 Å². The molecule has 0 aliphatic rings. The highest BCUT2D eigenvalue weighted by Gasteiger charge is 2.18. The van der Waals surface area contributed by atoms with Crippen LogP contribution in [0.25, 0.3) is 0 Å². The summed E-state index contributed by atoms with van der Waals surface area (Å²) in [6.45, 7) is 6.10. The van der Waals surface area contributed by atoms with Gasteiger partial charge in [0.15, 0.2) is 0 Å². The van der Waals surface area contributed by atoms with E-state index in [0.717, 1.165) is 0 Å². The van der Waals surface area contributed by atoms with Gasteiger partial charge in [0, 0.05) is 6.04 Å². The molecular formula is C6H15NO. The van der Waals surface area contributed by atoms with E-state index in [1.54, 1.807) is 0 Å². The highest BCUT2D eigenvalue weighted by molar-refractivity contribution is 4.75. The van der Waals surface area contributed by atoms with Crippen LogP contribution in [0.15, 0.2) is 0 Å². The Kier molecular flexibility index (Phi) is 2.44. The summed E-state index contributed by atoms with van der Waals surface area (Å²) in [5, 5.41) is 8.55. The SMILES string of the molecule is CC(C)(C)C(N)CO. The van der Waals surface area contributed by atoms with E-state index in [0.29, 0.717) is 0 Å². The van der Waals surface area contributed by atoms with Crippen molar-refractivity contribution in [3.05, 3.63) is 0 Å². The lowest BCUT2D eigenvalue weighted by Gasteiger charge is -2.24. The molecule has 0 aliphatic carbocycles. The van der Waals surface area contributed by atoms with Crippen LogP contribution in [-0.4, -0.2) is 17.8 Å². The van der Waals surface area contributed by atoms with Gasteiger partial charge in [-0.15, -0.1) is 0 Å². The number of aliphatic hydroxyl groups is 1. The van der Waals surface area contributed by atoms with Crippen molar-refractivity contribution in [1.29, 1.82) is 0 Å². The van der Waals surface area contributed by atoms with E-state index in [2.05, 4.69) is 0 Å². The third-order valence-corrected chi connectivity index (χ3v) is 1.31. The molecule has 0 heterocycles. The van der Waals surface area contributed by atoms with Crippen molar-refractivity contribution in [1.82, 2.24) is 0 Å². The molecule has 0 fully saturated rings. The molecular weight excluding hydrogens is 102 g/mol. The van der Waals surface area contributed by atoms with Crippen LogP contribution in [-0.2, 0) is 0 Å². The molecule has 3 N–H and O–H groups in total. The van der Waals surface area contributed by atoms with Crippen LogP contribution in [0.2, 0.25) is 0 Å². The lowest BCUT2D eigenvalue weighted by Crippen LogP contribution is -2.37. The Morgan fingerprint density at radius 3 is 1.88 bits per heavy atom. The number of hydrogen-bond acceptors (Lipinski definition) is 2. The van der Waals surface area contributed by atoms with Gasteiger partial charge in [0.2, 0.25) is 0 Å². The zero-order valence-corrected chi connectivity index (χ0v) is 5.81. The van der Waals surface area contributed by atoms with Gasteiger partial charge in [0.05, 0.1) is 6.61 Å². The largest absolute Gasteiger partial charge is 0.395 e. The van der Waals surface area contributed by atoms with Gasteiger partial charge < -0.3 is 10.8 Å². The average molecular weight is 117 g/mol. The van der Waals surface area contributed by atoms with Crippen molar-refractivity contribution in [3.63, 3.8) is 0 Å². The van der Waals surface area contributed by atoms with Gasteiger partial charge >= 0.3 is 0 Å². The third-order valence-electron chi connectivity index (χ3n) is 1.31. The summed E-state index contributed by atoms with van der Waals surface area (Å²) in [4.78, 5) is 0. The smallest absolute Gasteiger partial charge is 0.0587 e. The molecule has 0 saturated heterocycles. The van der Waals surface area contributed by atoms with E-state index in [9.17, 15) is 0 Å². The summed E-state index contributed by atoms with van der Waals surface area (Å²) < 4.78 is 0. The minimum Gasteiger partial charge on any atom is -0.395 e. The monoisotopic (exact) mass is 117 g/mol. The molecule has 0 radical (unpaired) electrons. The summed E-state index contributed by atoms with van der Waals surface area (Å²) in [5.41, 5.74) is 5.54. The minimum atomic E-state index is -0.0949. The highest BCUT2D eigenvalue weighted by atomic mass is 16.3. The summed E-state index contributed by atoms with van der Waals surface area (Å²) in [6, 6.07) is -0.0949. The third kappa shape index (κ3) is 2.28. The van der Waals surface area contributed by atoms with Gasteiger partial charge in [-0.1, -0.05) is 20.8 Å². The zero-order chi connectivity index (χ0) is 6.78. The molecule has 0 aliphatic heterocycles. The maximum atomic E-state index is 8.55. The van der Waals surface area contributed by atoms with Crippen molar-refractivity contribution < 1.29 is 5.11 Å². The molecule has 8 heavy (non-hydrogen) atoms. The van der Waals surface area contributed by atoms with Crippen molar-refractivity contribution >= 4 is 0 Å². The Labute approximate surface area is 50.7 Å².